The van der Waals surface area contributed by atoms with Gasteiger partial charge in [-0.2, -0.15) is 0 Å². The normalized spacial score (nSPS) is 0. The maximum atomic E-state index is 0. The molecule has 0 aliphatic carbocycles. The van der Waals surface area contributed by atoms with Crippen molar-refractivity contribution in [3.05, 3.63) is 0 Å². The van der Waals surface area contributed by atoms with Crippen LogP contribution in [-0.4, -0.2) is 1320 Å². The van der Waals surface area contributed by atoms with Crippen molar-refractivity contribution in [3.63, 3.8) is 0 Å². The van der Waals surface area contributed by atoms with Gasteiger partial charge in [0.25, 0.3) is 0 Å². The third kappa shape index (κ3) is 256. The molecule has 0 aromatic carbocycles. The molecule has 0 aliphatic rings. The van der Waals surface area contributed by atoms with E-state index < -0.39 is 0 Å². The zero-order valence-corrected chi connectivity index (χ0v) is 106. The molecule has 0 amide bonds. The molecule has 38 heavy (non-hydrogen) atoms. The van der Waals surface area contributed by atoms with Gasteiger partial charge in [-0.25, -0.2) is 0 Å². The summed E-state index contributed by atoms with van der Waals surface area (Å²) in [6, 6.07) is 0. The van der Waals surface area contributed by atoms with Crippen LogP contribution in [0.4, 0.5) is 0 Å². The predicted molar refractivity (Wildman–Crippen MR) is 223 cm³/mol. The monoisotopic (exact) mass is 1510 g/mol. The van der Waals surface area contributed by atoms with Gasteiger partial charge in [-0.05, 0) is 0 Å². The second kappa shape index (κ2) is 266. The van der Waals surface area contributed by atoms with Crippen LogP contribution in [0.25, 0.3) is 0 Å². The molecule has 0 saturated heterocycles. The fraction of sp³-hybridized carbons (Fsp3) is 0. The van der Waals surface area contributed by atoms with Gasteiger partial charge in [0.1, 0.15) is 0 Å². The summed E-state index contributed by atoms with van der Waals surface area (Å²) in [7, 11) is 0. The molecule has 0 N–H and O–H groups in total. The Labute approximate surface area is 1300 Å². The smallest absolute Gasteiger partial charge is 0.147 e. The van der Waals surface area contributed by atoms with Crippen LogP contribution in [0.15, 0.2) is 0 Å². The Kier molecular flexibility index (Phi) is 1930. The Balaban J connectivity index is 0. The molecule has 0 unspecified atom stereocenters. The van der Waals surface area contributed by atoms with E-state index in [1.165, 1.54) is 0 Å². The van der Waals surface area contributed by atoms with Crippen LogP contribution in [0.3, 0.4) is 0 Å². The topological polar surface area (TPSA) is 0 Å². The second-order valence-corrected chi connectivity index (χ2v) is 0. The predicted octanol–water partition coefficient (Wildman–Crippen LogP) is -12.1. The average Bonchev–Trinajstić information content (AvgIpc) is 0. The van der Waals surface area contributed by atoms with Crippen LogP contribution in [0.1, 0.15) is 0 Å². The Morgan fingerprint density at radius 1 is 0.0526 bits per heavy atom. The van der Waals surface area contributed by atoms with Gasteiger partial charge < -0.3 is 0 Å². The molecular weight excluding hydrogens is 1510 g/mol. The minimum absolute atomic E-state index is 0. The molecule has 0 aromatic rings. The second-order valence-electron chi connectivity index (χ2n) is 0. The van der Waals surface area contributed by atoms with E-state index in [4.69, 9.17) is 0 Å². The standard InChI is InChI=1S/35Ca.3ClH/h;;;;;;;;;;;;;;;;;;;;;;;;;;;;;;;;;;;3*1H/q35*+2;;;. The van der Waals surface area contributed by atoms with Gasteiger partial charge >= 0.3 is 1320 Å². The largest absolute Gasteiger partial charge is 2.00 e. The Hall–Kier alpha value is 45.0. The van der Waals surface area contributed by atoms with Crippen molar-refractivity contribution < 1.29 is 0 Å². The van der Waals surface area contributed by atoms with E-state index in [9.17, 15) is 0 Å². The first-order chi connectivity index (χ1) is 0. The zero-order chi connectivity index (χ0) is 0. The molecule has 24 valence electrons. The Morgan fingerprint density at radius 2 is 0.0526 bits per heavy atom. The first-order valence-corrected chi connectivity index (χ1v) is 0. The summed E-state index contributed by atoms with van der Waals surface area (Å²) in [6.07, 6.45) is 0. The van der Waals surface area contributed by atoms with Crippen LogP contribution < -0.4 is 0 Å². The SMILES string of the molecule is Cl.Cl.Cl.[Ca+2].[Ca+2].[Ca+2].[Ca+2].[Ca+2].[Ca+2].[Ca+2].[Ca+2].[Ca+2].[Ca+2].[Ca+2].[Ca+2].[Ca+2].[Ca+2].[Ca+2].[Ca+2].[Ca+2].[Ca+2].[Ca+2].[Ca+2].[Ca+2].[Ca+2].[Ca+2].[Ca+2].[Ca+2].[Ca+2].[Ca+2].[Ca+2].[Ca+2].[Ca+2].[Ca+2].[Ca+2].[Ca+2].[Ca+2].[Ca+2]. The molecule has 0 bridgehead atoms. The summed E-state index contributed by atoms with van der Waals surface area (Å²) >= 11 is 0. The Morgan fingerprint density at radius 3 is 0.0526 bits per heavy atom. The summed E-state index contributed by atoms with van der Waals surface area (Å²) in [5, 5.41) is 0. The van der Waals surface area contributed by atoms with E-state index in [1.807, 2.05) is 0 Å². The Bertz CT molecular complexity index is 15.1. The van der Waals surface area contributed by atoms with E-state index in [0.717, 1.165) is 0 Å². The summed E-state index contributed by atoms with van der Waals surface area (Å²) in [5.41, 5.74) is 0. The van der Waals surface area contributed by atoms with Gasteiger partial charge in [0.2, 0.25) is 0 Å². The summed E-state index contributed by atoms with van der Waals surface area (Å²) < 4.78 is 0. The van der Waals surface area contributed by atoms with Crippen LogP contribution >= 0.6 is 37.2 Å². The maximum Gasteiger partial charge on any atom is 2.00 e. The molecule has 0 atom stereocenters. The molecule has 0 saturated carbocycles. The first kappa shape index (κ1) is 276. The molecule has 0 fully saturated rings. The molecule has 38 heteroatoms. The summed E-state index contributed by atoms with van der Waals surface area (Å²) in [5.74, 6) is 0. The van der Waals surface area contributed by atoms with Crippen LogP contribution in [0.2, 0.25) is 0 Å². The van der Waals surface area contributed by atoms with Gasteiger partial charge in [-0.3, -0.25) is 0 Å². The average molecular weight is 1510 g/mol. The van der Waals surface area contributed by atoms with E-state index in [0.29, 0.717) is 0 Å². The summed E-state index contributed by atoms with van der Waals surface area (Å²) in [6.45, 7) is 0. The van der Waals surface area contributed by atoms with Gasteiger partial charge in [0, 0.05) is 0 Å². The van der Waals surface area contributed by atoms with Crippen molar-refractivity contribution in [1.29, 1.82) is 0 Å². The number of rotatable bonds is 0. The molecular formula is H3Ca35Cl3+70. The van der Waals surface area contributed by atoms with Gasteiger partial charge in [0.15, 0.2) is 0 Å². The fourth-order valence-corrected chi connectivity index (χ4v) is 0. The molecule has 0 heterocycles. The van der Waals surface area contributed by atoms with Gasteiger partial charge in [-0.1, -0.05) is 0 Å². The minimum Gasteiger partial charge on any atom is -0.147 e. The van der Waals surface area contributed by atoms with Gasteiger partial charge in [0.05, 0.1) is 0 Å². The van der Waals surface area contributed by atoms with E-state index in [-0.39, 0.29) is 1360 Å². The first-order valence-electron chi connectivity index (χ1n) is 0. The minimum atomic E-state index is 0. The van der Waals surface area contributed by atoms with E-state index in [1.54, 1.807) is 0 Å². The van der Waals surface area contributed by atoms with E-state index >= 15 is 0 Å². The summed E-state index contributed by atoms with van der Waals surface area (Å²) in [4.78, 5) is 0. The molecule has 0 spiro atoms. The maximum absolute atomic E-state index is 0. The van der Waals surface area contributed by atoms with Crippen molar-refractivity contribution >= 4 is 1360 Å². The van der Waals surface area contributed by atoms with Crippen molar-refractivity contribution in [2.75, 3.05) is 0 Å². The van der Waals surface area contributed by atoms with Crippen LogP contribution in [-0.2, 0) is 0 Å². The van der Waals surface area contributed by atoms with E-state index in [2.05, 4.69) is 0 Å². The van der Waals surface area contributed by atoms with Crippen LogP contribution in [0.5, 0.6) is 0 Å². The quantitative estimate of drug-likeness (QED) is 0.212. The zero-order valence-electron chi connectivity index (χ0n) is 26.0. The molecule has 0 nitrogen and oxygen atoms in total. The van der Waals surface area contributed by atoms with Gasteiger partial charge in [-0.15, -0.1) is 37.2 Å². The van der Waals surface area contributed by atoms with Crippen molar-refractivity contribution in [2.45, 2.75) is 0 Å². The van der Waals surface area contributed by atoms with Crippen molar-refractivity contribution in [1.82, 2.24) is 0 Å². The van der Waals surface area contributed by atoms with Crippen molar-refractivity contribution in [3.8, 4) is 0 Å². The molecule has 0 aliphatic heterocycles. The number of halogens is 3. The molecule has 0 radical (unpaired) electrons. The third-order valence-corrected chi connectivity index (χ3v) is 0. The fourth-order valence-electron chi connectivity index (χ4n) is 0. The van der Waals surface area contributed by atoms with Crippen LogP contribution in [0, 0.1) is 0 Å². The number of hydrogen-bond acceptors (Lipinski definition) is 0. The molecule has 0 rings (SSSR count). The molecule has 0 aromatic heterocycles. The van der Waals surface area contributed by atoms with Crippen molar-refractivity contribution in [2.24, 2.45) is 0 Å². The third-order valence-electron chi connectivity index (χ3n) is 0. The number of hydrogen-bond donors (Lipinski definition) is 0.